The van der Waals surface area contributed by atoms with E-state index in [2.05, 4.69) is 5.09 Å². The van der Waals surface area contributed by atoms with Crippen molar-refractivity contribution in [1.29, 1.82) is 0 Å². The highest BCUT2D eigenvalue weighted by Crippen LogP contribution is 2.53. The summed E-state index contributed by atoms with van der Waals surface area (Å²) in [5, 5.41) is 2.86. The minimum absolute atomic E-state index is 0.156. The molecular weight excluding hydrogens is 544 g/mol. The molecule has 42 heavy (non-hydrogen) atoms. The Kier molecular flexibility index (Phi) is 9.73. The molecule has 0 aliphatic rings. The molecule has 1 N–H and O–H groups in total. The Balaban J connectivity index is 1.64. The molecule has 0 fully saturated rings. The summed E-state index contributed by atoms with van der Waals surface area (Å²) in [6, 6.07) is 44.8. The molecule has 5 aromatic rings. The smallest absolute Gasteiger partial charge is 0.278 e. The van der Waals surface area contributed by atoms with E-state index in [4.69, 9.17) is 0 Å². The number of amides is 1. The third-order valence-corrected chi connectivity index (χ3v) is 9.56. The number of carbonyl (C=O) groups is 1. The topological polar surface area (TPSA) is 52.7 Å². The normalized spacial score (nSPS) is 11.5. The third kappa shape index (κ3) is 7.48. The molecule has 0 atom stereocenters. The number of nitrogens with zero attached hydrogens (tertiary/aromatic N) is 2. The highest BCUT2D eigenvalue weighted by Gasteiger charge is 2.40. The minimum atomic E-state index is -3.94. The predicted molar refractivity (Wildman–Crippen MR) is 166 cm³/mol. The zero-order valence-electron chi connectivity index (χ0n) is 23.2. The van der Waals surface area contributed by atoms with Gasteiger partial charge in [-0.25, -0.2) is 13.7 Å². The zero-order valence-corrected chi connectivity index (χ0v) is 24.1. The van der Waals surface area contributed by atoms with Crippen LogP contribution in [0.5, 0.6) is 0 Å². The van der Waals surface area contributed by atoms with Crippen LogP contribution in [0.4, 0.5) is 4.39 Å². The second-order valence-electron chi connectivity index (χ2n) is 10.1. The number of hydrogen-bond donors (Lipinski definition) is 1. The Bertz CT molecular complexity index is 1450. The van der Waals surface area contributed by atoms with Crippen LogP contribution in [0.1, 0.15) is 32.6 Å². The van der Waals surface area contributed by atoms with Crippen LogP contribution in [0.2, 0.25) is 0 Å². The summed E-state index contributed by atoms with van der Waals surface area (Å²) in [5.41, 5.74) is 3.60. The average Bonchev–Trinajstić information content (AvgIpc) is 3.02. The first kappa shape index (κ1) is 29.2. The van der Waals surface area contributed by atoms with Gasteiger partial charge in [-0.3, -0.25) is 14.4 Å². The van der Waals surface area contributed by atoms with E-state index in [1.807, 2.05) is 131 Å². The molecule has 0 saturated heterocycles. The van der Waals surface area contributed by atoms with Crippen molar-refractivity contribution in [3.8, 4) is 0 Å². The van der Waals surface area contributed by atoms with Gasteiger partial charge in [-0.1, -0.05) is 133 Å². The lowest BCUT2D eigenvalue weighted by molar-refractivity contribution is 0.0968. The van der Waals surface area contributed by atoms with Crippen LogP contribution >= 0.6 is 7.59 Å². The third-order valence-electron chi connectivity index (χ3n) is 6.96. The highest BCUT2D eigenvalue weighted by atomic mass is 31.2. The van der Waals surface area contributed by atoms with E-state index in [0.29, 0.717) is 26.2 Å². The number of halogens is 1. The Hall–Kier alpha value is -4.35. The van der Waals surface area contributed by atoms with Gasteiger partial charge in [-0.15, -0.1) is 0 Å². The maximum absolute atomic E-state index is 15.7. The lowest BCUT2D eigenvalue weighted by Gasteiger charge is -2.39. The molecule has 0 aromatic heterocycles. The zero-order chi connectivity index (χ0) is 29.2. The van der Waals surface area contributed by atoms with Crippen molar-refractivity contribution in [2.45, 2.75) is 26.2 Å². The maximum Gasteiger partial charge on any atom is 0.312 e. The van der Waals surface area contributed by atoms with Gasteiger partial charge in [0, 0.05) is 26.2 Å². The fourth-order valence-corrected chi connectivity index (χ4v) is 7.28. The second kappa shape index (κ2) is 14.0. The summed E-state index contributed by atoms with van der Waals surface area (Å²) in [6.07, 6.45) is 0. The van der Waals surface area contributed by atoms with E-state index in [0.717, 1.165) is 22.3 Å². The average molecular weight is 578 g/mol. The van der Waals surface area contributed by atoms with E-state index in [-0.39, 0.29) is 5.56 Å². The van der Waals surface area contributed by atoms with Gasteiger partial charge in [0.25, 0.3) is 5.91 Å². The summed E-state index contributed by atoms with van der Waals surface area (Å²) in [5.74, 6) is -1.40. The van der Waals surface area contributed by atoms with Crippen LogP contribution in [-0.4, -0.2) is 15.2 Å². The van der Waals surface area contributed by atoms with Crippen molar-refractivity contribution in [3.63, 3.8) is 0 Å². The van der Waals surface area contributed by atoms with E-state index in [9.17, 15) is 9.18 Å². The molecule has 0 unspecified atom stereocenters. The summed E-state index contributed by atoms with van der Waals surface area (Å²) in [4.78, 5) is 13.7. The Labute approximate surface area is 246 Å². The molecule has 0 spiro atoms. The SMILES string of the molecule is O=C(NP(=O)(N(Cc1ccccc1)Cc1ccccc1)N(Cc1ccccc1)Cc1ccccc1)c1ccccc1F. The summed E-state index contributed by atoms with van der Waals surface area (Å²) < 4.78 is 34.2. The first-order valence-electron chi connectivity index (χ1n) is 13.8. The maximum atomic E-state index is 15.7. The van der Waals surface area contributed by atoms with E-state index >= 15 is 4.57 Å². The highest BCUT2D eigenvalue weighted by molar-refractivity contribution is 7.57. The summed E-state index contributed by atoms with van der Waals surface area (Å²) in [7, 11) is -3.94. The van der Waals surface area contributed by atoms with Gasteiger partial charge in [0.05, 0.1) is 5.56 Å². The number of benzene rings is 5. The predicted octanol–water partition coefficient (Wildman–Crippen LogP) is 8.07. The fraction of sp³-hybridized carbons (Fsp3) is 0.114. The van der Waals surface area contributed by atoms with Crippen molar-refractivity contribution in [2.75, 3.05) is 0 Å². The standard InChI is InChI=1S/C35H33FN3O2P/c36-34-24-14-13-23-33(34)35(40)37-42(41,38(25-29-15-5-1-6-16-29)26-30-17-7-2-8-18-30)39(27-31-19-9-3-10-20-31)28-32-21-11-4-12-22-32/h1-24H,25-28H2,(H,37,40,41). The number of carbonyl (C=O) groups excluding carboxylic acids is 1. The summed E-state index contributed by atoms with van der Waals surface area (Å²) >= 11 is 0. The van der Waals surface area contributed by atoms with Crippen LogP contribution in [0.25, 0.3) is 0 Å². The van der Waals surface area contributed by atoms with Crippen molar-refractivity contribution in [2.24, 2.45) is 0 Å². The molecule has 0 bridgehead atoms. The van der Waals surface area contributed by atoms with Crippen LogP contribution < -0.4 is 5.09 Å². The first-order chi connectivity index (χ1) is 20.5. The van der Waals surface area contributed by atoms with Crippen LogP contribution in [0, 0.1) is 5.82 Å². The van der Waals surface area contributed by atoms with Gasteiger partial charge < -0.3 is 0 Å². The molecular formula is C35H33FN3O2P. The van der Waals surface area contributed by atoms with Crippen molar-refractivity contribution in [1.82, 2.24) is 14.4 Å². The van der Waals surface area contributed by atoms with E-state index < -0.39 is 19.3 Å². The Morgan fingerprint density at radius 1 is 0.524 bits per heavy atom. The molecule has 1 amide bonds. The summed E-state index contributed by atoms with van der Waals surface area (Å²) in [6.45, 7) is 1.19. The molecule has 212 valence electrons. The fourth-order valence-electron chi connectivity index (χ4n) is 4.83. The van der Waals surface area contributed by atoms with Gasteiger partial charge >= 0.3 is 7.59 Å². The molecule has 0 radical (unpaired) electrons. The lowest BCUT2D eigenvalue weighted by Crippen LogP contribution is -2.40. The van der Waals surface area contributed by atoms with Gasteiger partial charge in [-0.05, 0) is 34.4 Å². The molecule has 5 aromatic carbocycles. The largest absolute Gasteiger partial charge is 0.312 e. The van der Waals surface area contributed by atoms with Crippen molar-refractivity contribution < 1.29 is 13.8 Å². The Morgan fingerprint density at radius 3 is 1.17 bits per heavy atom. The molecule has 0 saturated carbocycles. The molecule has 7 heteroatoms. The van der Waals surface area contributed by atoms with Gasteiger partial charge in [0.2, 0.25) is 0 Å². The van der Waals surface area contributed by atoms with Crippen LogP contribution in [-0.2, 0) is 30.7 Å². The number of rotatable bonds is 12. The van der Waals surface area contributed by atoms with E-state index in [1.54, 1.807) is 6.07 Å². The van der Waals surface area contributed by atoms with Crippen LogP contribution in [0.15, 0.2) is 146 Å². The van der Waals surface area contributed by atoms with Crippen molar-refractivity contribution in [3.05, 3.63) is 179 Å². The molecule has 5 nitrogen and oxygen atoms in total. The molecule has 5 rings (SSSR count). The quantitative estimate of drug-likeness (QED) is 0.152. The van der Waals surface area contributed by atoms with Gasteiger partial charge in [0.1, 0.15) is 5.82 Å². The Morgan fingerprint density at radius 2 is 0.833 bits per heavy atom. The monoisotopic (exact) mass is 577 g/mol. The lowest BCUT2D eigenvalue weighted by atomic mass is 10.2. The number of hydrogen-bond acceptors (Lipinski definition) is 2. The van der Waals surface area contributed by atoms with Gasteiger partial charge in [-0.2, -0.15) is 0 Å². The first-order valence-corrected chi connectivity index (χ1v) is 15.5. The second-order valence-corrected chi connectivity index (χ2v) is 12.5. The van der Waals surface area contributed by atoms with Crippen LogP contribution in [0.3, 0.4) is 0 Å². The van der Waals surface area contributed by atoms with Gasteiger partial charge in [0.15, 0.2) is 0 Å². The minimum Gasteiger partial charge on any atom is -0.278 e. The number of nitrogens with one attached hydrogen (secondary N) is 1. The molecule has 0 heterocycles. The molecule has 0 aliphatic carbocycles. The molecule has 0 aliphatic heterocycles. The van der Waals surface area contributed by atoms with Crippen molar-refractivity contribution >= 4 is 13.5 Å². The van der Waals surface area contributed by atoms with E-state index in [1.165, 1.54) is 18.2 Å².